The van der Waals surface area contributed by atoms with Gasteiger partial charge in [-0.1, -0.05) is 12.8 Å². The highest BCUT2D eigenvalue weighted by molar-refractivity contribution is 5.91. The second kappa shape index (κ2) is 16.0. The van der Waals surface area contributed by atoms with Crippen LogP contribution in [0, 0.1) is 11.8 Å². The summed E-state index contributed by atoms with van der Waals surface area (Å²) in [5.74, 6) is -1.38. The molecule has 1 aliphatic carbocycles. The Bertz CT molecular complexity index is 495. The van der Waals surface area contributed by atoms with Crippen LogP contribution in [0.5, 0.6) is 0 Å². The van der Waals surface area contributed by atoms with Gasteiger partial charge in [-0.3, -0.25) is 0 Å². The molecule has 0 aromatic heterocycles. The monoisotopic (exact) mass is 400 g/mol. The van der Waals surface area contributed by atoms with Gasteiger partial charge in [-0.05, 0) is 61.8 Å². The fraction of sp³-hybridized carbons (Fsp3) is 0.600. The average molecular weight is 400 g/mol. The summed E-state index contributed by atoms with van der Waals surface area (Å²) >= 11 is 0. The number of carbonyl (C=O) groups is 2. The van der Waals surface area contributed by atoms with E-state index in [1.165, 1.54) is 37.1 Å². The highest BCUT2D eigenvalue weighted by Crippen LogP contribution is 2.28. The second-order valence-electron chi connectivity index (χ2n) is 6.51. The molecule has 1 aliphatic rings. The van der Waals surface area contributed by atoms with Gasteiger partial charge in [-0.15, -0.1) is 0 Å². The maximum atomic E-state index is 10.3. The topological polar surface area (TPSA) is 156 Å². The summed E-state index contributed by atoms with van der Waals surface area (Å²) in [5.41, 5.74) is 0.167. The lowest BCUT2D eigenvalue weighted by Crippen LogP contribution is -2.25. The Morgan fingerprint density at radius 1 is 0.714 bits per heavy atom. The largest absolute Gasteiger partial charge is 0.478 e. The first kappa shape index (κ1) is 26.0. The number of hydrogen-bond acceptors (Lipinski definition) is 6. The lowest BCUT2D eigenvalue weighted by molar-refractivity contribution is 0.0681. The lowest BCUT2D eigenvalue weighted by atomic mass is 9.80. The Balaban J connectivity index is 0.000000414. The van der Waals surface area contributed by atoms with E-state index in [1.807, 2.05) is 0 Å². The van der Waals surface area contributed by atoms with Gasteiger partial charge < -0.3 is 30.6 Å². The molecule has 1 fully saturated rings. The van der Waals surface area contributed by atoms with Gasteiger partial charge in [0.05, 0.1) is 11.1 Å². The predicted molar refractivity (Wildman–Crippen MR) is 103 cm³/mol. The molecule has 1 aromatic rings. The van der Waals surface area contributed by atoms with Crippen molar-refractivity contribution in [3.05, 3.63) is 35.4 Å². The molecular formula is C20H32O8. The molecule has 0 saturated heterocycles. The molecule has 28 heavy (non-hydrogen) atoms. The molecule has 0 amide bonds. The van der Waals surface area contributed by atoms with Crippen molar-refractivity contribution in [3.8, 4) is 0 Å². The zero-order valence-electron chi connectivity index (χ0n) is 16.0. The average Bonchev–Trinajstić information content (AvgIpc) is 2.73. The fourth-order valence-corrected chi connectivity index (χ4v) is 2.74. The zero-order valence-corrected chi connectivity index (χ0v) is 16.0. The smallest absolute Gasteiger partial charge is 0.335 e. The van der Waals surface area contributed by atoms with Gasteiger partial charge in [0.15, 0.2) is 0 Å². The summed E-state index contributed by atoms with van der Waals surface area (Å²) in [4.78, 5) is 20.7. The van der Waals surface area contributed by atoms with E-state index in [1.54, 1.807) is 0 Å². The number of aliphatic hydroxyl groups is 4. The number of benzene rings is 1. The molecule has 8 heteroatoms. The highest BCUT2D eigenvalue weighted by Gasteiger charge is 2.23. The Kier molecular flexibility index (Phi) is 14.9. The summed E-state index contributed by atoms with van der Waals surface area (Å²) < 4.78 is 0. The van der Waals surface area contributed by atoms with Crippen LogP contribution in [0.15, 0.2) is 24.3 Å². The Morgan fingerprint density at radius 2 is 1.04 bits per heavy atom. The summed E-state index contributed by atoms with van der Waals surface area (Å²) in [6.07, 6.45) is 6.08. The molecule has 0 spiro atoms. The van der Waals surface area contributed by atoms with Crippen molar-refractivity contribution in [2.24, 2.45) is 11.8 Å². The van der Waals surface area contributed by atoms with Crippen molar-refractivity contribution in [2.45, 2.75) is 38.5 Å². The SMILES string of the molecule is O=C(O)c1ccc(C(=O)O)cc1.OCC1CCCCC1CO.OCCCCO. The lowest BCUT2D eigenvalue weighted by Gasteiger charge is -2.28. The molecular weight excluding hydrogens is 368 g/mol. The van der Waals surface area contributed by atoms with E-state index >= 15 is 0 Å². The van der Waals surface area contributed by atoms with Crippen molar-refractivity contribution in [1.82, 2.24) is 0 Å². The van der Waals surface area contributed by atoms with Crippen LogP contribution in [0.4, 0.5) is 0 Å². The number of unbranched alkanes of at least 4 members (excludes halogenated alkanes) is 1. The zero-order chi connectivity index (χ0) is 21.4. The van der Waals surface area contributed by atoms with Crippen molar-refractivity contribution in [1.29, 1.82) is 0 Å². The van der Waals surface area contributed by atoms with E-state index in [0.29, 0.717) is 11.8 Å². The van der Waals surface area contributed by atoms with Crippen LogP contribution < -0.4 is 0 Å². The van der Waals surface area contributed by atoms with Crippen LogP contribution in [0.25, 0.3) is 0 Å². The Labute approximate surface area is 165 Å². The van der Waals surface area contributed by atoms with Gasteiger partial charge in [-0.2, -0.15) is 0 Å². The van der Waals surface area contributed by atoms with Crippen LogP contribution in [0.1, 0.15) is 59.2 Å². The summed E-state index contributed by atoms with van der Waals surface area (Å²) in [6.45, 7) is 0.900. The van der Waals surface area contributed by atoms with Gasteiger partial charge in [-0.25, -0.2) is 9.59 Å². The number of aromatic carboxylic acids is 2. The number of rotatable bonds is 7. The van der Waals surface area contributed by atoms with Crippen molar-refractivity contribution >= 4 is 11.9 Å². The minimum absolute atomic E-state index is 0.0833. The Hall–Kier alpha value is -2.00. The van der Waals surface area contributed by atoms with Crippen molar-refractivity contribution < 1.29 is 40.2 Å². The minimum Gasteiger partial charge on any atom is -0.478 e. The number of carboxylic acids is 2. The minimum atomic E-state index is -1.06. The fourth-order valence-electron chi connectivity index (χ4n) is 2.74. The van der Waals surface area contributed by atoms with E-state index in [4.69, 9.17) is 30.6 Å². The molecule has 2 atom stereocenters. The first-order valence-electron chi connectivity index (χ1n) is 9.41. The van der Waals surface area contributed by atoms with E-state index in [9.17, 15) is 9.59 Å². The van der Waals surface area contributed by atoms with Crippen LogP contribution in [0.3, 0.4) is 0 Å². The summed E-state index contributed by atoms with van der Waals surface area (Å²) in [7, 11) is 0. The number of hydrogen-bond donors (Lipinski definition) is 6. The molecule has 2 unspecified atom stereocenters. The van der Waals surface area contributed by atoms with E-state index in [2.05, 4.69) is 0 Å². The van der Waals surface area contributed by atoms with Crippen molar-refractivity contribution in [2.75, 3.05) is 26.4 Å². The first-order chi connectivity index (χ1) is 13.4. The van der Waals surface area contributed by atoms with Crippen LogP contribution in [-0.4, -0.2) is 69.0 Å². The van der Waals surface area contributed by atoms with Crippen LogP contribution in [0.2, 0.25) is 0 Å². The number of carboxylic acid groups (broad SMARTS) is 2. The van der Waals surface area contributed by atoms with E-state index in [0.717, 1.165) is 25.7 Å². The van der Waals surface area contributed by atoms with E-state index < -0.39 is 11.9 Å². The van der Waals surface area contributed by atoms with Gasteiger partial charge in [0, 0.05) is 26.4 Å². The molecule has 6 N–H and O–H groups in total. The normalized spacial score (nSPS) is 18.1. The van der Waals surface area contributed by atoms with Gasteiger partial charge >= 0.3 is 11.9 Å². The molecule has 0 radical (unpaired) electrons. The molecule has 0 bridgehead atoms. The highest BCUT2D eigenvalue weighted by atomic mass is 16.4. The summed E-state index contributed by atoms with van der Waals surface area (Å²) in [5, 5.41) is 50.9. The quantitative estimate of drug-likeness (QED) is 0.377. The molecule has 0 aliphatic heterocycles. The maximum absolute atomic E-state index is 10.3. The van der Waals surface area contributed by atoms with E-state index in [-0.39, 0.29) is 37.6 Å². The van der Waals surface area contributed by atoms with Crippen molar-refractivity contribution in [3.63, 3.8) is 0 Å². The molecule has 8 nitrogen and oxygen atoms in total. The summed E-state index contributed by atoms with van der Waals surface area (Å²) in [6, 6.07) is 5.02. The second-order valence-corrected chi connectivity index (χ2v) is 6.51. The Morgan fingerprint density at radius 3 is 1.25 bits per heavy atom. The predicted octanol–water partition coefficient (Wildman–Crippen LogP) is 1.61. The van der Waals surface area contributed by atoms with Crippen LogP contribution >= 0.6 is 0 Å². The third kappa shape index (κ3) is 11.0. The first-order valence-corrected chi connectivity index (χ1v) is 9.41. The standard InChI is InChI=1S/C8H6O4.C8H16O2.C4H10O2/c9-7(10)5-1-2-6(4-3-5)8(11)12;9-5-7-3-1-2-4-8(7)6-10;5-3-1-2-4-6/h1-4H,(H,9,10)(H,11,12);7-10H,1-6H2;5-6H,1-4H2. The molecule has 1 saturated carbocycles. The third-order valence-electron chi connectivity index (χ3n) is 4.48. The van der Waals surface area contributed by atoms with Gasteiger partial charge in [0.1, 0.15) is 0 Å². The maximum Gasteiger partial charge on any atom is 0.335 e. The molecule has 2 rings (SSSR count). The third-order valence-corrected chi connectivity index (χ3v) is 4.48. The van der Waals surface area contributed by atoms with Crippen LogP contribution in [-0.2, 0) is 0 Å². The van der Waals surface area contributed by atoms with Gasteiger partial charge in [0.25, 0.3) is 0 Å². The molecule has 0 heterocycles. The molecule has 160 valence electrons. The molecule has 1 aromatic carbocycles. The number of aliphatic hydroxyl groups excluding tert-OH is 4. The van der Waals surface area contributed by atoms with Gasteiger partial charge in [0.2, 0.25) is 0 Å².